The van der Waals surface area contributed by atoms with Crippen molar-refractivity contribution in [2.45, 2.75) is 50.6 Å². The van der Waals surface area contributed by atoms with Crippen molar-refractivity contribution in [3.8, 4) is 0 Å². The molecule has 5 nitrogen and oxygen atoms in total. The Hall–Kier alpha value is -1.36. The Kier molecular flexibility index (Phi) is 4.05. The number of rotatable bonds is 4. The van der Waals surface area contributed by atoms with Crippen LogP contribution in [0.5, 0.6) is 0 Å². The topological polar surface area (TPSA) is 72.9 Å². The maximum atomic E-state index is 12.5. The Morgan fingerprint density at radius 2 is 2.15 bits per heavy atom. The summed E-state index contributed by atoms with van der Waals surface area (Å²) in [5.41, 5.74) is 5.78. The summed E-state index contributed by atoms with van der Waals surface area (Å²) in [6, 6.07) is 0.606. The third-order valence-corrected chi connectivity index (χ3v) is 5.01. The molecule has 1 amide bonds. The standard InChI is InChI=1S/C15H24N4O/c16-9-11-3-1-4-12(11)15(20)18-13-5-2-6-14(13)19-8-7-17-10-19/h7-8,10-14H,1-6,9,16H2,(H,18,20). The van der Waals surface area contributed by atoms with Crippen molar-refractivity contribution in [1.82, 2.24) is 14.9 Å². The van der Waals surface area contributed by atoms with Gasteiger partial charge in [-0.3, -0.25) is 4.79 Å². The van der Waals surface area contributed by atoms with Crippen LogP contribution in [0.2, 0.25) is 0 Å². The fourth-order valence-electron chi connectivity index (χ4n) is 3.89. The molecule has 2 aliphatic carbocycles. The van der Waals surface area contributed by atoms with Crippen LogP contribution < -0.4 is 11.1 Å². The highest BCUT2D eigenvalue weighted by atomic mass is 16.2. The number of amides is 1. The lowest BCUT2D eigenvalue weighted by molar-refractivity contribution is -0.126. The van der Waals surface area contributed by atoms with E-state index in [-0.39, 0.29) is 17.9 Å². The number of imidazole rings is 1. The molecule has 4 atom stereocenters. The zero-order valence-electron chi connectivity index (χ0n) is 11.9. The number of nitrogens with two attached hydrogens (primary N) is 1. The molecule has 0 radical (unpaired) electrons. The van der Waals surface area contributed by atoms with Gasteiger partial charge in [0.1, 0.15) is 0 Å². The van der Waals surface area contributed by atoms with Gasteiger partial charge in [-0.25, -0.2) is 4.98 Å². The second kappa shape index (κ2) is 5.95. The van der Waals surface area contributed by atoms with E-state index in [1.54, 1.807) is 6.20 Å². The van der Waals surface area contributed by atoms with E-state index in [0.29, 0.717) is 18.5 Å². The lowest BCUT2D eigenvalue weighted by Gasteiger charge is -2.25. The van der Waals surface area contributed by atoms with E-state index in [2.05, 4.69) is 14.9 Å². The van der Waals surface area contributed by atoms with Crippen molar-refractivity contribution in [2.24, 2.45) is 17.6 Å². The molecular weight excluding hydrogens is 252 g/mol. The predicted octanol–water partition coefficient (Wildman–Crippen LogP) is 1.47. The van der Waals surface area contributed by atoms with Gasteiger partial charge in [-0.2, -0.15) is 0 Å². The minimum atomic E-state index is 0.129. The summed E-state index contributed by atoms with van der Waals surface area (Å²) in [6.45, 7) is 0.633. The first-order valence-electron chi connectivity index (χ1n) is 7.77. The Bertz CT molecular complexity index is 445. The van der Waals surface area contributed by atoms with Crippen LogP contribution in [0.3, 0.4) is 0 Å². The molecule has 2 fully saturated rings. The van der Waals surface area contributed by atoms with E-state index in [0.717, 1.165) is 32.1 Å². The number of carbonyl (C=O) groups excluding carboxylic acids is 1. The van der Waals surface area contributed by atoms with Crippen molar-refractivity contribution in [3.63, 3.8) is 0 Å². The molecule has 0 saturated heterocycles. The van der Waals surface area contributed by atoms with Gasteiger partial charge in [0.25, 0.3) is 0 Å². The van der Waals surface area contributed by atoms with Crippen molar-refractivity contribution in [2.75, 3.05) is 6.54 Å². The molecule has 2 saturated carbocycles. The molecule has 1 aromatic heterocycles. The monoisotopic (exact) mass is 276 g/mol. The lowest BCUT2D eigenvalue weighted by Crippen LogP contribution is -2.43. The Morgan fingerprint density at radius 3 is 2.90 bits per heavy atom. The van der Waals surface area contributed by atoms with Gasteiger partial charge in [-0.15, -0.1) is 0 Å². The average Bonchev–Trinajstić information content (AvgIpc) is 3.19. The molecular formula is C15H24N4O. The van der Waals surface area contributed by atoms with Gasteiger partial charge in [-0.1, -0.05) is 6.42 Å². The fourth-order valence-corrected chi connectivity index (χ4v) is 3.89. The number of hydrogen-bond donors (Lipinski definition) is 2. The highest BCUT2D eigenvalue weighted by molar-refractivity contribution is 5.79. The maximum absolute atomic E-state index is 12.5. The Balaban J connectivity index is 1.63. The molecule has 0 spiro atoms. The minimum absolute atomic E-state index is 0.129. The van der Waals surface area contributed by atoms with Crippen LogP contribution in [0.25, 0.3) is 0 Å². The summed E-state index contributed by atoms with van der Waals surface area (Å²) in [5.74, 6) is 0.724. The van der Waals surface area contributed by atoms with Crippen LogP contribution in [0.15, 0.2) is 18.7 Å². The van der Waals surface area contributed by atoms with Crippen LogP contribution in [0.1, 0.15) is 44.6 Å². The van der Waals surface area contributed by atoms with E-state index in [1.165, 1.54) is 6.42 Å². The van der Waals surface area contributed by atoms with E-state index >= 15 is 0 Å². The van der Waals surface area contributed by atoms with Gasteiger partial charge in [0.2, 0.25) is 5.91 Å². The zero-order chi connectivity index (χ0) is 13.9. The molecule has 0 aliphatic heterocycles. The largest absolute Gasteiger partial charge is 0.351 e. The normalized spacial score (nSPS) is 33.5. The van der Waals surface area contributed by atoms with Crippen molar-refractivity contribution < 1.29 is 4.79 Å². The number of aromatic nitrogens is 2. The number of carbonyl (C=O) groups is 1. The van der Waals surface area contributed by atoms with Crippen LogP contribution >= 0.6 is 0 Å². The summed E-state index contributed by atoms with van der Waals surface area (Å²) in [6.07, 6.45) is 12.2. The van der Waals surface area contributed by atoms with E-state index < -0.39 is 0 Å². The average molecular weight is 276 g/mol. The summed E-state index contributed by atoms with van der Waals surface area (Å²) in [5, 5.41) is 3.28. The van der Waals surface area contributed by atoms with Crippen molar-refractivity contribution in [3.05, 3.63) is 18.7 Å². The van der Waals surface area contributed by atoms with Crippen LogP contribution in [-0.2, 0) is 4.79 Å². The van der Waals surface area contributed by atoms with E-state index in [9.17, 15) is 4.79 Å². The van der Waals surface area contributed by atoms with Gasteiger partial charge in [0, 0.05) is 24.4 Å². The lowest BCUT2D eigenvalue weighted by atomic mass is 9.95. The summed E-state index contributed by atoms with van der Waals surface area (Å²) in [7, 11) is 0. The molecule has 5 heteroatoms. The first-order chi connectivity index (χ1) is 9.79. The molecule has 0 aromatic carbocycles. The predicted molar refractivity (Wildman–Crippen MR) is 76.9 cm³/mol. The highest BCUT2D eigenvalue weighted by Crippen LogP contribution is 2.33. The van der Waals surface area contributed by atoms with Gasteiger partial charge in [-0.05, 0) is 44.6 Å². The zero-order valence-corrected chi connectivity index (χ0v) is 11.9. The van der Waals surface area contributed by atoms with Crippen LogP contribution in [0, 0.1) is 11.8 Å². The molecule has 110 valence electrons. The molecule has 3 N–H and O–H groups in total. The van der Waals surface area contributed by atoms with Gasteiger partial charge in [0.15, 0.2) is 0 Å². The van der Waals surface area contributed by atoms with Crippen molar-refractivity contribution >= 4 is 5.91 Å². The number of nitrogens with one attached hydrogen (secondary N) is 1. The Morgan fingerprint density at radius 1 is 1.30 bits per heavy atom. The molecule has 1 aromatic rings. The maximum Gasteiger partial charge on any atom is 0.223 e. The van der Waals surface area contributed by atoms with Crippen LogP contribution in [0.4, 0.5) is 0 Å². The van der Waals surface area contributed by atoms with Gasteiger partial charge < -0.3 is 15.6 Å². The summed E-state index contributed by atoms with van der Waals surface area (Å²) in [4.78, 5) is 16.6. The first-order valence-corrected chi connectivity index (χ1v) is 7.77. The fraction of sp³-hybridized carbons (Fsp3) is 0.733. The Labute approximate surface area is 119 Å². The molecule has 3 rings (SSSR count). The van der Waals surface area contributed by atoms with Gasteiger partial charge >= 0.3 is 0 Å². The summed E-state index contributed by atoms with van der Waals surface area (Å²) >= 11 is 0. The third-order valence-electron chi connectivity index (χ3n) is 5.01. The second-order valence-electron chi connectivity index (χ2n) is 6.16. The smallest absolute Gasteiger partial charge is 0.223 e. The first kappa shape index (κ1) is 13.6. The van der Waals surface area contributed by atoms with E-state index in [1.807, 2.05) is 12.5 Å². The van der Waals surface area contributed by atoms with E-state index in [4.69, 9.17) is 5.73 Å². The van der Waals surface area contributed by atoms with Crippen LogP contribution in [-0.4, -0.2) is 28.0 Å². The molecule has 4 unspecified atom stereocenters. The molecule has 2 aliphatic rings. The van der Waals surface area contributed by atoms with Gasteiger partial charge in [0.05, 0.1) is 12.4 Å². The number of nitrogens with zero attached hydrogens (tertiary/aromatic N) is 2. The summed E-state index contributed by atoms with van der Waals surface area (Å²) < 4.78 is 2.13. The highest BCUT2D eigenvalue weighted by Gasteiger charge is 2.35. The quantitative estimate of drug-likeness (QED) is 0.874. The SMILES string of the molecule is NCC1CCCC1C(=O)NC1CCCC1n1ccnc1. The van der Waals surface area contributed by atoms with Crippen molar-refractivity contribution in [1.29, 1.82) is 0 Å². The third kappa shape index (κ3) is 2.59. The number of hydrogen-bond acceptors (Lipinski definition) is 3. The minimum Gasteiger partial charge on any atom is -0.351 e. The second-order valence-corrected chi connectivity index (χ2v) is 6.16. The molecule has 20 heavy (non-hydrogen) atoms. The molecule has 1 heterocycles. The molecule has 0 bridgehead atoms.